The number of nitrogens with two attached hydrogens (primary N) is 1. The van der Waals surface area contributed by atoms with Gasteiger partial charge in [0.15, 0.2) is 0 Å². The van der Waals surface area contributed by atoms with Crippen LogP contribution in [0.25, 0.3) is 0 Å². The predicted molar refractivity (Wildman–Crippen MR) is 67.9 cm³/mol. The van der Waals surface area contributed by atoms with Crippen LogP contribution in [-0.4, -0.2) is 33.6 Å². The summed E-state index contributed by atoms with van der Waals surface area (Å²) in [6, 6.07) is -0.840. The minimum Gasteiger partial charge on any atom is -0.368 e. The van der Waals surface area contributed by atoms with Crippen molar-refractivity contribution in [3.05, 3.63) is 18.2 Å². The molecule has 2 amide bonds. The molecule has 0 unspecified atom stereocenters. The molecule has 1 aromatic heterocycles. The van der Waals surface area contributed by atoms with Gasteiger partial charge in [-0.05, 0) is 6.92 Å². The molecular weight excluding hydrogens is 248 g/mol. The molecule has 1 heterocycles. The Labute approximate surface area is 111 Å². The third-order valence-corrected chi connectivity index (χ3v) is 2.65. The summed E-state index contributed by atoms with van der Waals surface area (Å²) in [4.78, 5) is 40.9. The second-order valence-electron chi connectivity index (χ2n) is 4.51. The van der Waals surface area contributed by atoms with Crippen molar-refractivity contribution in [3.8, 4) is 0 Å². The first-order chi connectivity index (χ1) is 8.90. The van der Waals surface area contributed by atoms with Crippen molar-refractivity contribution >= 4 is 17.6 Å². The van der Waals surface area contributed by atoms with Crippen molar-refractivity contribution in [2.24, 2.45) is 11.7 Å². The highest BCUT2D eigenvalue weighted by Gasteiger charge is 2.23. The zero-order valence-electron chi connectivity index (χ0n) is 11.0. The average Bonchev–Trinajstić information content (AvgIpc) is 2.79. The van der Waals surface area contributed by atoms with Crippen molar-refractivity contribution < 1.29 is 14.4 Å². The third kappa shape index (κ3) is 4.90. The lowest BCUT2D eigenvalue weighted by Crippen LogP contribution is -2.47. The summed E-state index contributed by atoms with van der Waals surface area (Å²) in [6.07, 6.45) is 3.50. The van der Waals surface area contributed by atoms with Crippen LogP contribution in [0.1, 0.15) is 26.1 Å². The van der Waals surface area contributed by atoms with Gasteiger partial charge in [0.2, 0.25) is 11.8 Å². The lowest BCUT2D eigenvalue weighted by atomic mass is 10.0. The number of carbonyl (C=O) groups is 3. The summed E-state index contributed by atoms with van der Waals surface area (Å²) in [6.45, 7) is 3.04. The number of hydrogen-bond donors (Lipinski definition) is 3. The van der Waals surface area contributed by atoms with Crippen molar-refractivity contribution in [3.63, 3.8) is 0 Å². The number of amides is 2. The van der Waals surface area contributed by atoms with E-state index in [2.05, 4.69) is 15.3 Å². The summed E-state index contributed by atoms with van der Waals surface area (Å²) < 4.78 is 0. The Morgan fingerprint density at radius 1 is 1.47 bits per heavy atom. The summed E-state index contributed by atoms with van der Waals surface area (Å²) in [5, 5.41) is 2.53. The lowest BCUT2D eigenvalue weighted by molar-refractivity contribution is -0.131. The predicted octanol–water partition coefficient (Wildman–Crippen LogP) is -0.462. The monoisotopic (exact) mass is 266 g/mol. The molecule has 4 N–H and O–H groups in total. The van der Waals surface area contributed by atoms with Crippen LogP contribution in [0.3, 0.4) is 0 Å². The van der Waals surface area contributed by atoms with E-state index >= 15 is 0 Å². The topological polar surface area (TPSA) is 118 Å². The highest BCUT2D eigenvalue weighted by atomic mass is 16.2. The molecule has 2 atom stereocenters. The normalized spacial score (nSPS) is 13.6. The molecular formula is C12H18N4O3. The molecule has 7 heteroatoms. The molecule has 19 heavy (non-hydrogen) atoms. The van der Waals surface area contributed by atoms with Gasteiger partial charge < -0.3 is 20.8 Å². The molecule has 0 spiro atoms. The summed E-state index contributed by atoms with van der Waals surface area (Å²) >= 11 is 0. The van der Waals surface area contributed by atoms with Gasteiger partial charge in [-0.1, -0.05) is 6.92 Å². The van der Waals surface area contributed by atoms with Crippen LogP contribution in [0.15, 0.2) is 12.4 Å². The van der Waals surface area contributed by atoms with Gasteiger partial charge in [0, 0.05) is 31.2 Å². The second-order valence-corrected chi connectivity index (χ2v) is 4.51. The third-order valence-electron chi connectivity index (χ3n) is 2.65. The van der Waals surface area contributed by atoms with Gasteiger partial charge in [-0.2, -0.15) is 0 Å². The number of hydrogen-bond acceptors (Lipinski definition) is 4. The molecule has 0 saturated heterocycles. The van der Waals surface area contributed by atoms with Crippen molar-refractivity contribution in [1.82, 2.24) is 15.3 Å². The molecule has 0 aliphatic carbocycles. The summed E-state index contributed by atoms with van der Waals surface area (Å²) in [5.74, 6) is -1.02. The Morgan fingerprint density at radius 2 is 2.16 bits per heavy atom. The molecule has 1 rings (SSSR count). The highest BCUT2D eigenvalue weighted by molar-refractivity contribution is 5.89. The number of H-pyrrole nitrogens is 1. The first-order valence-corrected chi connectivity index (χ1v) is 5.97. The molecule has 0 aliphatic rings. The Kier molecular flexibility index (Phi) is 5.23. The zero-order chi connectivity index (χ0) is 14.4. The van der Waals surface area contributed by atoms with Crippen LogP contribution in [-0.2, 0) is 20.8 Å². The van der Waals surface area contributed by atoms with Crippen LogP contribution >= 0.6 is 0 Å². The molecule has 104 valence electrons. The van der Waals surface area contributed by atoms with Gasteiger partial charge >= 0.3 is 0 Å². The van der Waals surface area contributed by atoms with E-state index in [0.717, 1.165) is 0 Å². The van der Waals surface area contributed by atoms with E-state index < -0.39 is 17.9 Å². The lowest BCUT2D eigenvalue weighted by Gasteiger charge is -2.17. The first kappa shape index (κ1) is 14.9. The molecule has 0 fully saturated rings. The van der Waals surface area contributed by atoms with Crippen LogP contribution in [0.4, 0.5) is 0 Å². The van der Waals surface area contributed by atoms with Crippen molar-refractivity contribution in [2.75, 3.05) is 0 Å². The summed E-state index contributed by atoms with van der Waals surface area (Å²) in [5.41, 5.74) is 5.24. The molecule has 0 saturated carbocycles. The Bertz CT molecular complexity index is 456. The fraction of sp³-hybridized carbons (Fsp3) is 0.500. The maximum atomic E-state index is 11.8. The summed E-state index contributed by atoms with van der Waals surface area (Å²) in [7, 11) is 0. The smallest absolute Gasteiger partial charge is 0.240 e. The second kappa shape index (κ2) is 6.67. The maximum absolute atomic E-state index is 11.8. The highest BCUT2D eigenvalue weighted by Crippen LogP contribution is 2.04. The number of nitrogens with one attached hydrogen (secondary N) is 2. The number of nitrogens with zero attached hydrogens (tertiary/aromatic N) is 1. The molecule has 0 aromatic carbocycles. The van der Waals surface area contributed by atoms with E-state index in [1.54, 1.807) is 19.3 Å². The van der Waals surface area contributed by atoms with E-state index in [0.29, 0.717) is 5.82 Å². The molecule has 0 aliphatic heterocycles. The van der Waals surface area contributed by atoms with Crippen molar-refractivity contribution in [1.29, 1.82) is 0 Å². The van der Waals surface area contributed by atoms with E-state index in [-0.39, 0.29) is 24.5 Å². The van der Waals surface area contributed by atoms with Crippen LogP contribution in [0.2, 0.25) is 0 Å². The number of carbonyl (C=O) groups excluding carboxylic acids is 3. The Balaban J connectivity index is 2.61. The number of rotatable bonds is 7. The van der Waals surface area contributed by atoms with E-state index in [4.69, 9.17) is 5.73 Å². The maximum Gasteiger partial charge on any atom is 0.240 e. The number of imidazole rings is 1. The van der Waals surface area contributed by atoms with Gasteiger partial charge in [-0.3, -0.25) is 9.59 Å². The van der Waals surface area contributed by atoms with E-state index in [1.807, 2.05) is 0 Å². The fourth-order valence-electron chi connectivity index (χ4n) is 1.66. The zero-order valence-corrected chi connectivity index (χ0v) is 11.0. The number of Topliss-reactive ketones (excluding diaryl/α,β-unsaturated/α-hetero) is 1. The van der Waals surface area contributed by atoms with Crippen LogP contribution < -0.4 is 11.1 Å². The van der Waals surface area contributed by atoms with E-state index in [1.165, 1.54) is 6.92 Å². The largest absolute Gasteiger partial charge is 0.368 e. The SMILES string of the molecule is CC(=O)C[C@H](C)C(=O)N[C@@H](Cc1ncc[nH]1)C(N)=O. The van der Waals surface area contributed by atoms with E-state index in [9.17, 15) is 14.4 Å². The Hall–Kier alpha value is -2.18. The Morgan fingerprint density at radius 3 is 2.63 bits per heavy atom. The average molecular weight is 266 g/mol. The minimum absolute atomic E-state index is 0.0793. The molecule has 7 nitrogen and oxygen atoms in total. The fourth-order valence-corrected chi connectivity index (χ4v) is 1.66. The van der Waals surface area contributed by atoms with Gasteiger partial charge in [0.05, 0.1) is 0 Å². The number of ketones is 1. The quantitative estimate of drug-likeness (QED) is 0.618. The van der Waals surface area contributed by atoms with Gasteiger partial charge in [-0.15, -0.1) is 0 Å². The van der Waals surface area contributed by atoms with Gasteiger partial charge in [0.1, 0.15) is 17.6 Å². The number of aromatic nitrogens is 2. The van der Waals surface area contributed by atoms with Gasteiger partial charge in [-0.25, -0.2) is 4.98 Å². The minimum atomic E-state index is -0.840. The van der Waals surface area contributed by atoms with Crippen LogP contribution in [0, 0.1) is 5.92 Å². The number of aromatic amines is 1. The van der Waals surface area contributed by atoms with Crippen LogP contribution in [0.5, 0.6) is 0 Å². The molecule has 0 radical (unpaired) electrons. The molecule has 0 bridgehead atoms. The van der Waals surface area contributed by atoms with Gasteiger partial charge in [0.25, 0.3) is 0 Å². The first-order valence-electron chi connectivity index (χ1n) is 5.97. The number of primary amides is 1. The standard InChI is InChI=1S/C12H18N4O3/c1-7(5-8(2)17)12(19)16-9(11(13)18)6-10-14-3-4-15-10/h3-4,7,9H,5-6H2,1-2H3,(H2,13,18)(H,14,15)(H,16,19)/t7-,9-/m0/s1. The molecule has 1 aromatic rings. The van der Waals surface area contributed by atoms with Crippen molar-refractivity contribution in [2.45, 2.75) is 32.7 Å².